The fraction of sp³-hybridized carbons (Fsp3) is 0.0625. The van der Waals surface area contributed by atoms with Crippen LogP contribution in [0.25, 0.3) is 175 Å². The molecule has 6 aromatic heterocycles. The summed E-state index contributed by atoms with van der Waals surface area (Å²) in [6.07, 6.45) is 0. The summed E-state index contributed by atoms with van der Waals surface area (Å²) < 4.78 is 24.0. The number of rotatable bonds is 10. The van der Waals surface area contributed by atoms with Crippen molar-refractivity contribution < 1.29 is 10.7 Å². The van der Waals surface area contributed by atoms with Crippen LogP contribution >= 0.6 is 38.6 Å². The van der Waals surface area contributed by atoms with Gasteiger partial charge in [-0.25, -0.2) is 29.9 Å². The molecule has 0 amide bonds. The molecule has 14 aromatic carbocycles. The molecule has 0 aliphatic carbocycles. The Morgan fingerprint density at radius 2 is 0.600 bits per heavy atom. The van der Waals surface area contributed by atoms with Crippen LogP contribution in [0.15, 0.2) is 344 Å². The van der Waals surface area contributed by atoms with Gasteiger partial charge in [0.15, 0.2) is 34.9 Å². The topological polar surface area (TPSA) is 106 Å². The first-order chi connectivity index (χ1) is 53.9. The average molecular weight is 1520 g/mol. The van der Waals surface area contributed by atoms with E-state index in [1.807, 2.05) is 168 Å². The minimum atomic E-state index is -0.427. The zero-order chi connectivity index (χ0) is 74.0. The highest BCUT2D eigenvalue weighted by Gasteiger charge is 2.52. The third-order valence-electron chi connectivity index (χ3n) is 21.1. The van der Waals surface area contributed by atoms with E-state index in [-0.39, 0.29) is 1.43 Å². The normalized spacial score (nSPS) is 13.2. The van der Waals surface area contributed by atoms with Crippen LogP contribution in [0.5, 0.6) is 0 Å². The van der Waals surface area contributed by atoms with E-state index in [2.05, 4.69) is 252 Å². The molecule has 0 spiro atoms. The van der Waals surface area contributed by atoms with Crippen LogP contribution in [0.1, 0.15) is 29.1 Å². The van der Waals surface area contributed by atoms with Gasteiger partial charge in [0.25, 0.3) is 0 Å². The van der Waals surface area contributed by atoms with Crippen LogP contribution in [-0.2, 0) is 9.31 Å². The quantitative estimate of drug-likeness (QED) is 0.125. The Labute approximate surface area is 654 Å². The van der Waals surface area contributed by atoms with Crippen molar-refractivity contribution in [3.8, 4) is 90.8 Å². The van der Waals surface area contributed by atoms with Gasteiger partial charge in [0.2, 0.25) is 0 Å². The molecule has 1 fully saturated rings. The molecule has 0 unspecified atom stereocenters. The fourth-order valence-corrected chi connectivity index (χ4v) is 17.8. The molecule has 0 saturated carbocycles. The largest absolute Gasteiger partial charge is 0.496 e. The molecule has 0 bridgehead atoms. The van der Waals surface area contributed by atoms with Gasteiger partial charge in [-0.3, -0.25) is 0 Å². The Bertz CT molecular complexity index is 6670. The molecule has 7 heterocycles. The summed E-state index contributed by atoms with van der Waals surface area (Å²) in [6, 6.07) is 118. The highest BCUT2D eigenvalue weighted by Crippen LogP contribution is 2.46. The van der Waals surface area contributed by atoms with E-state index in [9.17, 15) is 0 Å². The van der Waals surface area contributed by atoms with Gasteiger partial charge in [-0.1, -0.05) is 277 Å². The van der Waals surface area contributed by atoms with E-state index in [0.717, 1.165) is 60.3 Å². The van der Waals surface area contributed by atoms with E-state index in [4.69, 9.17) is 34.2 Å². The SMILES string of the molecule is Brc1cccc(-c2nc(-c3ccccc3)nc(-c3ccccc3)n2)c1.CC1(C)OB(c2cc(-n3c4ccccc4c4ccccc43)cc3c2sc2ccccc23)OC1(C)C.[2HH].c1ccc(-c2nc(-c3ccccc3)nc(-c3cccc(-c4cc(-n5c6ccccc6c6ccccc65)cc5c4sc4ccccc45)c3)n2)cc1. The molecule has 1 aliphatic heterocycles. The van der Waals surface area contributed by atoms with Crippen molar-refractivity contribution in [2.24, 2.45) is 0 Å². The van der Waals surface area contributed by atoms with E-state index < -0.39 is 18.3 Å². The van der Waals surface area contributed by atoms with Crippen LogP contribution in [0.3, 0.4) is 0 Å². The number of benzene rings is 14. The summed E-state index contributed by atoms with van der Waals surface area (Å²) >= 11 is 7.18. The van der Waals surface area contributed by atoms with Crippen LogP contribution in [0, 0.1) is 0 Å². The number of halogens is 1. The Balaban J connectivity index is 0.000000123. The molecule has 0 N–H and O–H groups in total. The average Bonchev–Trinajstić information content (AvgIpc) is 1.57. The van der Waals surface area contributed by atoms with Gasteiger partial charge in [0.1, 0.15) is 0 Å². The zero-order valence-electron chi connectivity index (χ0n) is 60.5. The Morgan fingerprint density at radius 3 is 1.01 bits per heavy atom. The highest BCUT2D eigenvalue weighted by atomic mass is 79.9. The van der Waals surface area contributed by atoms with Gasteiger partial charge in [0.05, 0.1) is 33.3 Å². The Kier molecular flexibility index (Phi) is 17.5. The number of fused-ring (bicyclic) bond motifs is 12. The van der Waals surface area contributed by atoms with Gasteiger partial charge in [0, 0.05) is 124 Å². The van der Waals surface area contributed by atoms with Crippen molar-refractivity contribution in [2.75, 3.05) is 0 Å². The van der Waals surface area contributed by atoms with Crippen molar-refractivity contribution >= 4 is 135 Å². The number of para-hydroxylation sites is 4. The molecule has 20 aromatic rings. The molecule has 1 saturated heterocycles. The second kappa shape index (κ2) is 28.3. The first-order valence-corrected chi connectivity index (χ1v) is 39.2. The molecule has 110 heavy (non-hydrogen) atoms. The fourth-order valence-electron chi connectivity index (χ4n) is 15.0. The Morgan fingerprint density at radius 1 is 0.291 bits per heavy atom. The van der Waals surface area contributed by atoms with Crippen LogP contribution in [0.4, 0.5) is 0 Å². The van der Waals surface area contributed by atoms with Gasteiger partial charge >= 0.3 is 7.12 Å². The van der Waals surface area contributed by atoms with Crippen molar-refractivity contribution in [3.05, 3.63) is 344 Å². The first-order valence-electron chi connectivity index (χ1n) is 36.8. The number of nitrogens with zero attached hydrogens (tertiary/aromatic N) is 8. The smallest absolute Gasteiger partial charge is 0.399 e. The molecule has 10 nitrogen and oxygen atoms in total. The lowest BCUT2D eigenvalue weighted by Crippen LogP contribution is -2.41. The number of aromatic nitrogens is 8. The lowest BCUT2D eigenvalue weighted by molar-refractivity contribution is 0.00578. The monoisotopic (exact) mass is 1520 g/mol. The highest BCUT2D eigenvalue weighted by molar-refractivity contribution is 9.10. The maximum Gasteiger partial charge on any atom is 0.496 e. The summed E-state index contributed by atoms with van der Waals surface area (Å²) in [6.45, 7) is 8.47. The molecular weight excluding hydrogens is 1450 g/mol. The standard InChI is InChI=1S/C45H28N4S.C30H26BNO2S.C21H14BrN3.H2/c1-3-14-29(15-4-1)43-46-44(30-16-5-2-6-17-30)48-45(47-43)32-19-13-18-31(26-32)37-27-33(28-38-36-22-9-12-25-41(36)50-42(37)38)49-39-23-10-7-20-34(39)35-21-8-11-24-40(35)49;1-29(2)30(3,4)34-31(33-29)24-18-19(17-23-22-13-7-10-16-27(22)35-28(23)24)32-25-14-8-5-11-20(25)21-12-6-9-15-26(21)32;22-18-13-7-12-17(14-18)21-24-19(15-8-3-1-4-9-15)23-20(25-21)16-10-5-2-6-11-16;/h1-28H;5-18H,1-4H3;1-14H;1H/i;;;1+1. The molecule has 1 aliphatic rings. The predicted molar refractivity (Wildman–Crippen MR) is 464 cm³/mol. The van der Waals surface area contributed by atoms with Crippen LogP contribution < -0.4 is 5.46 Å². The molecular formula is C96H70BBrN8O2S2. The minimum Gasteiger partial charge on any atom is -0.399 e. The van der Waals surface area contributed by atoms with Crippen LogP contribution in [-0.4, -0.2) is 57.4 Å². The van der Waals surface area contributed by atoms with Gasteiger partial charge in [-0.2, -0.15) is 0 Å². The van der Waals surface area contributed by atoms with Crippen molar-refractivity contribution in [1.82, 2.24) is 39.0 Å². The van der Waals surface area contributed by atoms with E-state index in [0.29, 0.717) is 34.9 Å². The zero-order valence-corrected chi connectivity index (χ0v) is 63.7. The molecule has 0 radical (unpaired) electrons. The van der Waals surface area contributed by atoms with Gasteiger partial charge < -0.3 is 18.4 Å². The van der Waals surface area contributed by atoms with E-state index >= 15 is 0 Å². The second-order valence-corrected chi connectivity index (χ2v) is 31.5. The molecule has 528 valence electrons. The molecule has 21 rings (SSSR count). The maximum atomic E-state index is 6.58. The minimum absolute atomic E-state index is 0. The van der Waals surface area contributed by atoms with Gasteiger partial charge in [-0.05, 0) is 112 Å². The third kappa shape index (κ3) is 12.6. The number of hydrogen-bond donors (Lipinski definition) is 0. The Hall–Kier alpha value is -12.4. The number of hydrogen-bond acceptors (Lipinski definition) is 10. The first kappa shape index (κ1) is 68.2. The summed E-state index contributed by atoms with van der Waals surface area (Å²) in [7, 11) is -0.427. The molecule has 0 atom stereocenters. The second-order valence-electron chi connectivity index (χ2n) is 28.5. The van der Waals surface area contributed by atoms with Crippen molar-refractivity contribution in [1.29, 1.82) is 0 Å². The third-order valence-corrected chi connectivity index (χ3v) is 24.0. The lowest BCUT2D eigenvalue weighted by Gasteiger charge is -2.32. The van der Waals surface area contributed by atoms with Crippen LogP contribution in [0.2, 0.25) is 0 Å². The predicted octanol–water partition coefficient (Wildman–Crippen LogP) is 25.3. The summed E-state index contributed by atoms with van der Waals surface area (Å²) in [4.78, 5) is 29.1. The van der Waals surface area contributed by atoms with Crippen molar-refractivity contribution in [2.45, 2.75) is 38.9 Å². The van der Waals surface area contributed by atoms with Crippen molar-refractivity contribution in [3.63, 3.8) is 0 Å². The maximum absolute atomic E-state index is 6.58. The van der Waals surface area contributed by atoms with Gasteiger partial charge in [-0.15, -0.1) is 22.7 Å². The lowest BCUT2D eigenvalue weighted by atomic mass is 9.78. The summed E-state index contributed by atoms with van der Waals surface area (Å²) in [5.41, 5.74) is 15.4. The summed E-state index contributed by atoms with van der Waals surface area (Å²) in [5, 5.41) is 10.1. The molecule has 14 heteroatoms. The number of thiophene rings is 2. The van der Waals surface area contributed by atoms with E-state index in [1.165, 1.54) is 89.5 Å². The summed E-state index contributed by atoms with van der Waals surface area (Å²) in [5.74, 6) is 3.95. The van der Waals surface area contributed by atoms with E-state index in [1.54, 1.807) is 0 Å².